The molecule has 0 saturated heterocycles. The van der Waals surface area contributed by atoms with Crippen molar-refractivity contribution in [2.75, 3.05) is 19.0 Å². The Balaban J connectivity index is 1.86. The molecule has 128 valence electrons. The number of nitrogens with one attached hydrogen (secondary N) is 1. The second-order valence-electron chi connectivity index (χ2n) is 6.36. The fourth-order valence-electron chi connectivity index (χ4n) is 2.67. The van der Waals surface area contributed by atoms with Crippen LogP contribution in [0.15, 0.2) is 24.4 Å². The summed E-state index contributed by atoms with van der Waals surface area (Å²) < 4.78 is 12.9. The molecule has 2 heterocycles. The van der Waals surface area contributed by atoms with Gasteiger partial charge in [0.1, 0.15) is 17.1 Å². The molecule has 0 fully saturated rings. The number of methoxy groups -OCH3 is 1. The van der Waals surface area contributed by atoms with Gasteiger partial charge in [0.05, 0.1) is 26.4 Å². The van der Waals surface area contributed by atoms with E-state index in [0.29, 0.717) is 18.9 Å². The van der Waals surface area contributed by atoms with Crippen LogP contribution in [0.5, 0.6) is 11.5 Å². The molecule has 8 heteroatoms. The molecule has 0 atom stereocenters. The number of amides is 2. The summed E-state index contributed by atoms with van der Waals surface area (Å²) in [5.41, 5.74) is 0.402. The van der Waals surface area contributed by atoms with Gasteiger partial charge in [-0.15, -0.1) is 5.10 Å². The number of aryl methyl sites for hydroxylation is 1. The standard InChI is InChI=1S/C16H21N5O3/c1-16(2)10-21(15(22)18-14-8-17-19-20(14)3)9-11-5-6-12(23-4)7-13(11)24-16/h5-8H,9-10H2,1-4H3,(H,18,22). The molecule has 2 amide bonds. The normalized spacial score (nSPS) is 15.9. The van der Waals surface area contributed by atoms with E-state index < -0.39 is 5.60 Å². The smallest absolute Gasteiger partial charge is 0.323 e. The first-order valence-electron chi connectivity index (χ1n) is 7.64. The molecule has 1 N–H and O–H groups in total. The van der Waals surface area contributed by atoms with Crippen molar-refractivity contribution in [2.24, 2.45) is 7.05 Å². The third-order valence-corrected chi connectivity index (χ3v) is 3.83. The van der Waals surface area contributed by atoms with Crippen molar-refractivity contribution in [3.63, 3.8) is 0 Å². The molecule has 0 unspecified atom stereocenters. The Morgan fingerprint density at radius 1 is 1.42 bits per heavy atom. The van der Waals surface area contributed by atoms with Crippen molar-refractivity contribution < 1.29 is 14.3 Å². The molecule has 0 spiro atoms. The van der Waals surface area contributed by atoms with Crippen LogP contribution in [-0.2, 0) is 13.6 Å². The minimum absolute atomic E-state index is 0.222. The molecule has 1 aromatic carbocycles. The van der Waals surface area contributed by atoms with Crippen LogP contribution in [0.3, 0.4) is 0 Å². The third-order valence-electron chi connectivity index (χ3n) is 3.83. The second kappa shape index (κ2) is 6.03. The molecule has 2 aromatic rings. The maximum Gasteiger partial charge on any atom is 0.323 e. The zero-order valence-electron chi connectivity index (χ0n) is 14.2. The average Bonchev–Trinajstić information content (AvgIpc) is 2.86. The first-order chi connectivity index (χ1) is 11.4. The first kappa shape index (κ1) is 16.1. The Hall–Kier alpha value is -2.77. The van der Waals surface area contributed by atoms with Gasteiger partial charge in [-0.2, -0.15) is 0 Å². The van der Waals surface area contributed by atoms with E-state index in [-0.39, 0.29) is 6.03 Å². The zero-order chi connectivity index (χ0) is 17.3. The van der Waals surface area contributed by atoms with Gasteiger partial charge in [0.2, 0.25) is 0 Å². The van der Waals surface area contributed by atoms with E-state index in [0.717, 1.165) is 17.1 Å². The summed E-state index contributed by atoms with van der Waals surface area (Å²) in [4.78, 5) is 14.4. The topological polar surface area (TPSA) is 81.5 Å². The number of fused-ring (bicyclic) bond motifs is 1. The SMILES string of the molecule is COc1ccc2c(c1)OC(C)(C)CN(C(=O)Nc1cnnn1C)C2. The summed E-state index contributed by atoms with van der Waals surface area (Å²) in [6.45, 7) is 4.79. The molecule has 0 aliphatic carbocycles. The van der Waals surface area contributed by atoms with Crippen molar-refractivity contribution in [2.45, 2.75) is 26.0 Å². The molecule has 3 rings (SSSR count). The van der Waals surface area contributed by atoms with Crippen LogP contribution in [0.25, 0.3) is 0 Å². The van der Waals surface area contributed by atoms with Gasteiger partial charge in [0.15, 0.2) is 5.82 Å². The number of urea groups is 1. The van der Waals surface area contributed by atoms with Gasteiger partial charge in [0.25, 0.3) is 0 Å². The van der Waals surface area contributed by atoms with Crippen LogP contribution >= 0.6 is 0 Å². The highest BCUT2D eigenvalue weighted by Crippen LogP contribution is 2.32. The van der Waals surface area contributed by atoms with E-state index in [1.54, 1.807) is 19.1 Å². The molecule has 0 radical (unpaired) electrons. The predicted molar refractivity (Wildman–Crippen MR) is 88.1 cm³/mol. The number of aromatic nitrogens is 3. The van der Waals surface area contributed by atoms with Gasteiger partial charge < -0.3 is 14.4 Å². The van der Waals surface area contributed by atoms with Crippen LogP contribution in [0, 0.1) is 0 Å². The molecule has 0 saturated carbocycles. The van der Waals surface area contributed by atoms with E-state index in [2.05, 4.69) is 15.6 Å². The van der Waals surface area contributed by atoms with Crippen LogP contribution in [-0.4, -0.2) is 45.2 Å². The summed E-state index contributed by atoms with van der Waals surface area (Å²) in [5.74, 6) is 2.00. The van der Waals surface area contributed by atoms with E-state index >= 15 is 0 Å². The quantitative estimate of drug-likeness (QED) is 0.910. The Labute approximate surface area is 140 Å². The molecule has 1 aromatic heterocycles. The molecular formula is C16H21N5O3. The lowest BCUT2D eigenvalue weighted by Gasteiger charge is -2.29. The summed E-state index contributed by atoms with van der Waals surface area (Å²) in [6, 6.07) is 5.41. The molecular weight excluding hydrogens is 310 g/mol. The van der Waals surface area contributed by atoms with Crippen LogP contribution in [0.4, 0.5) is 10.6 Å². The Morgan fingerprint density at radius 3 is 2.88 bits per heavy atom. The molecule has 0 bridgehead atoms. The van der Waals surface area contributed by atoms with E-state index in [9.17, 15) is 4.79 Å². The summed E-state index contributed by atoms with van der Waals surface area (Å²) >= 11 is 0. The fourth-order valence-corrected chi connectivity index (χ4v) is 2.67. The fraction of sp³-hybridized carbons (Fsp3) is 0.438. The number of carbonyl (C=O) groups excluding carboxylic acids is 1. The number of carbonyl (C=O) groups is 1. The lowest BCUT2D eigenvalue weighted by Crippen LogP contribution is -2.45. The first-order valence-corrected chi connectivity index (χ1v) is 7.64. The van der Waals surface area contributed by atoms with Gasteiger partial charge in [-0.1, -0.05) is 5.21 Å². The zero-order valence-corrected chi connectivity index (χ0v) is 14.2. The predicted octanol–water partition coefficient (Wildman–Crippen LogP) is 2.03. The summed E-state index contributed by atoms with van der Waals surface area (Å²) in [6.07, 6.45) is 1.51. The van der Waals surface area contributed by atoms with Crippen LogP contribution < -0.4 is 14.8 Å². The molecule has 1 aliphatic heterocycles. The molecule has 8 nitrogen and oxygen atoms in total. The largest absolute Gasteiger partial charge is 0.497 e. The van der Waals surface area contributed by atoms with E-state index in [1.807, 2.05) is 32.0 Å². The number of benzene rings is 1. The van der Waals surface area contributed by atoms with Crippen molar-refractivity contribution >= 4 is 11.8 Å². The maximum atomic E-state index is 12.7. The monoisotopic (exact) mass is 331 g/mol. The maximum absolute atomic E-state index is 12.7. The van der Waals surface area contributed by atoms with Crippen molar-refractivity contribution in [1.82, 2.24) is 19.9 Å². The Kier molecular flexibility index (Phi) is 4.04. The number of hydrogen-bond donors (Lipinski definition) is 1. The van der Waals surface area contributed by atoms with Crippen LogP contribution in [0.2, 0.25) is 0 Å². The number of anilines is 1. The highest BCUT2D eigenvalue weighted by atomic mass is 16.5. The number of nitrogens with zero attached hydrogens (tertiary/aromatic N) is 4. The van der Waals surface area contributed by atoms with Gasteiger partial charge in [-0.25, -0.2) is 9.48 Å². The van der Waals surface area contributed by atoms with Crippen LogP contribution in [0.1, 0.15) is 19.4 Å². The minimum Gasteiger partial charge on any atom is -0.497 e. The average molecular weight is 331 g/mol. The lowest BCUT2D eigenvalue weighted by atomic mass is 10.1. The van der Waals surface area contributed by atoms with Gasteiger partial charge in [-0.3, -0.25) is 5.32 Å². The summed E-state index contributed by atoms with van der Waals surface area (Å²) in [7, 11) is 3.34. The molecule has 24 heavy (non-hydrogen) atoms. The van der Waals surface area contributed by atoms with Crippen molar-refractivity contribution in [3.8, 4) is 11.5 Å². The van der Waals surface area contributed by atoms with Gasteiger partial charge in [0, 0.05) is 18.7 Å². The summed E-state index contributed by atoms with van der Waals surface area (Å²) in [5, 5.41) is 10.4. The Morgan fingerprint density at radius 2 is 2.21 bits per heavy atom. The van der Waals surface area contributed by atoms with Gasteiger partial charge >= 0.3 is 6.03 Å². The van der Waals surface area contributed by atoms with Gasteiger partial charge in [-0.05, 0) is 26.0 Å². The highest BCUT2D eigenvalue weighted by Gasteiger charge is 2.32. The highest BCUT2D eigenvalue weighted by molar-refractivity contribution is 5.88. The van der Waals surface area contributed by atoms with Crippen molar-refractivity contribution in [1.29, 1.82) is 0 Å². The minimum atomic E-state index is -0.528. The second-order valence-corrected chi connectivity index (χ2v) is 6.36. The molecule has 1 aliphatic rings. The third kappa shape index (κ3) is 3.27. The van der Waals surface area contributed by atoms with E-state index in [4.69, 9.17) is 9.47 Å². The number of ether oxygens (including phenoxy) is 2. The Bertz CT molecular complexity index is 756. The number of rotatable bonds is 2. The lowest BCUT2D eigenvalue weighted by molar-refractivity contribution is 0.0832. The van der Waals surface area contributed by atoms with Crippen molar-refractivity contribution in [3.05, 3.63) is 30.0 Å². The number of hydrogen-bond acceptors (Lipinski definition) is 5. The van der Waals surface area contributed by atoms with E-state index in [1.165, 1.54) is 10.9 Å².